The Balaban J connectivity index is -0.0000000225. The second-order valence-electron chi connectivity index (χ2n) is 1.79. The summed E-state index contributed by atoms with van der Waals surface area (Å²) < 4.78 is 34.2. The second-order valence-corrected chi connectivity index (χ2v) is 5.37. The Hall–Kier alpha value is 3.02. The average Bonchev–Trinajstić information content (AvgIpc) is 1.62. The Morgan fingerprint density at radius 1 is 0.333 bits per heavy atom. The van der Waals surface area contributed by atoms with Gasteiger partial charge in [-0.3, -0.25) is 4.70 Å². The molecular formula is HFO16P4Zr3. The van der Waals surface area contributed by atoms with Gasteiger partial charge in [-0.25, -0.2) is 0 Å². The van der Waals surface area contributed by atoms with E-state index in [1.54, 1.807) is 0 Å². The molecule has 0 rings (SSSR count). The molecule has 0 fully saturated rings. The van der Waals surface area contributed by atoms with Crippen LogP contribution in [0.5, 0.6) is 0 Å². The molecule has 0 heterocycles. The van der Waals surface area contributed by atoms with E-state index in [2.05, 4.69) is 0 Å². The molecule has 0 aromatic carbocycles. The summed E-state index contributed by atoms with van der Waals surface area (Å²) in [4.78, 5) is 103. The maximum atomic E-state index is 8.55. The van der Waals surface area contributed by atoms with Crippen molar-refractivity contribution in [3.8, 4) is 0 Å². The third-order valence-electron chi connectivity index (χ3n) is 0. The normalized spacial score (nSPS) is 9.83. The summed E-state index contributed by atoms with van der Waals surface area (Å²) in [5, 5.41) is 0. The third kappa shape index (κ3) is 1580. The summed E-state index contributed by atoms with van der Waals surface area (Å²) in [5.41, 5.74) is 0. The van der Waals surface area contributed by atoms with Crippen LogP contribution in [-0.2, 0) is 96.9 Å². The van der Waals surface area contributed by atoms with Gasteiger partial charge in [-0.1, -0.05) is 0 Å². The Bertz CT molecular complexity index is 298. The van der Waals surface area contributed by atoms with Crippen LogP contribution in [-0.4, -0.2) is 0 Å². The fourth-order valence-electron chi connectivity index (χ4n) is 0. The molecule has 16 nitrogen and oxygen atoms in total. The van der Waals surface area contributed by atoms with E-state index in [9.17, 15) is 0 Å². The maximum absolute atomic E-state index is 8.55. The van der Waals surface area contributed by atoms with Crippen LogP contribution in [0.3, 0.4) is 0 Å². The molecule has 0 aliphatic heterocycles. The fraction of sp³-hybridized carbons (Fsp3) is 0. The Morgan fingerprint density at radius 2 is 0.333 bits per heavy atom. The van der Waals surface area contributed by atoms with E-state index in [4.69, 9.17) is 77.0 Å². The minimum absolute atomic E-state index is 0. The first kappa shape index (κ1) is 50.6. The number of rotatable bonds is 0. The molecule has 0 saturated heterocycles. The van der Waals surface area contributed by atoms with E-state index in [0.717, 1.165) is 0 Å². The van der Waals surface area contributed by atoms with Crippen LogP contribution in [0.25, 0.3) is 0 Å². The largest absolute Gasteiger partial charge is 4.00 e. The van der Waals surface area contributed by atoms with Crippen LogP contribution in [0.2, 0.25) is 0 Å². The molecule has 24 heteroatoms. The zero-order chi connectivity index (χ0) is 18.0. The molecule has 0 aliphatic rings. The smallest absolute Gasteiger partial charge is 0.822 e. The number of halogens is 1. The van der Waals surface area contributed by atoms with Crippen molar-refractivity contribution in [1.82, 2.24) is 0 Å². The predicted octanol–water partition coefficient (Wildman–Crippen LogP) is -11.2. The molecule has 0 aromatic rings. The van der Waals surface area contributed by atoms with Crippen LogP contribution in [0.15, 0.2) is 0 Å². The molecule has 24 heavy (non-hydrogen) atoms. The average molecular weight is 674 g/mol. The zero-order valence-electron chi connectivity index (χ0n) is 10.2. The van der Waals surface area contributed by atoms with Gasteiger partial charge in [0.25, 0.3) is 0 Å². The molecule has 136 valence electrons. The minimum atomic E-state index is -5.39. The minimum Gasteiger partial charge on any atom is -0.822 e. The summed E-state index contributed by atoms with van der Waals surface area (Å²) >= 11 is 0. The maximum Gasteiger partial charge on any atom is 4.00 e. The van der Waals surface area contributed by atoms with E-state index in [-0.39, 0.29) is 83.3 Å². The van der Waals surface area contributed by atoms with Gasteiger partial charge in [0, 0.05) is 0 Å². The molecular weight excluding hydrogens is 673 g/mol. The third-order valence-corrected chi connectivity index (χ3v) is 0. The van der Waals surface area contributed by atoms with E-state index < -0.39 is 31.3 Å². The predicted molar refractivity (Wildman–Crippen MR) is 32.9 cm³/mol. The van der Waals surface area contributed by atoms with Crippen molar-refractivity contribution >= 4 is 31.3 Å². The van der Waals surface area contributed by atoms with Gasteiger partial charge in [0.1, 0.15) is 0 Å². The summed E-state index contributed by atoms with van der Waals surface area (Å²) in [6.07, 6.45) is 0. The molecule has 0 bridgehead atoms. The summed E-state index contributed by atoms with van der Waals surface area (Å²) in [5.74, 6) is 0. The van der Waals surface area contributed by atoms with Crippen LogP contribution in [0.1, 0.15) is 0 Å². The standard InChI is InChI=1S/FH.4H3O4P.3Zr/c;4*1-5(2,3)4;;;/h1H;4*(H3,1,2,3,4);;;/q;;;;;3*+4/p-12. The molecule has 0 spiro atoms. The zero-order valence-corrected chi connectivity index (χ0v) is 21.2. The molecule has 0 aromatic heterocycles. The quantitative estimate of drug-likeness (QED) is 0.215. The Morgan fingerprint density at radius 3 is 0.333 bits per heavy atom. The van der Waals surface area contributed by atoms with Crippen molar-refractivity contribution in [2.75, 3.05) is 0 Å². The van der Waals surface area contributed by atoms with Crippen LogP contribution in [0, 0.1) is 0 Å². The Kier molecular flexibility index (Phi) is 47.0. The number of hydrogen-bond donors (Lipinski definition) is 0. The number of hydrogen-bond acceptors (Lipinski definition) is 16. The summed E-state index contributed by atoms with van der Waals surface area (Å²) in [7, 11) is -21.6. The number of phosphoric acid groups is 4. The topological polar surface area (TPSA) is 345 Å². The Labute approximate surface area is 190 Å². The van der Waals surface area contributed by atoms with Gasteiger partial charge in [0.05, 0.1) is 0 Å². The van der Waals surface area contributed by atoms with Crippen molar-refractivity contribution in [3.63, 3.8) is 0 Å². The van der Waals surface area contributed by atoms with Crippen molar-refractivity contribution in [2.24, 2.45) is 0 Å². The molecule has 0 aliphatic carbocycles. The van der Waals surface area contributed by atoms with Gasteiger partial charge < -0.3 is 77.0 Å². The van der Waals surface area contributed by atoms with Gasteiger partial charge in [0.2, 0.25) is 0 Å². The first-order chi connectivity index (χ1) is 8.00. The van der Waals surface area contributed by atoms with Gasteiger partial charge in [-0.05, 0) is 0 Å². The molecule has 0 radical (unpaired) electrons. The molecule has 0 unspecified atom stereocenters. The molecule has 0 amide bonds. The van der Waals surface area contributed by atoms with Crippen molar-refractivity contribution in [2.45, 2.75) is 0 Å². The van der Waals surface area contributed by atoms with Crippen LogP contribution >= 0.6 is 31.3 Å². The van der Waals surface area contributed by atoms with Gasteiger partial charge in [-0.2, -0.15) is 31.3 Å². The van der Waals surface area contributed by atoms with Crippen molar-refractivity contribution in [1.29, 1.82) is 0 Å². The monoisotopic (exact) mass is 670 g/mol. The molecule has 0 saturated carbocycles. The van der Waals surface area contributed by atoms with E-state index >= 15 is 0 Å². The first-order valence-corrected chi connectivity index (χ1v) is 8.76. The van der Waals surface area contributed by atoms with Gasteiger partial charge >= 0.3 is 78.6 Å². The molecule has 0 atom stereocenters. The summed E-state index contributed by atoms with van der Waals surface area (Å²) in [6, 6.07) is 0. The first-order valence-electron chi connectivity index (χ1n) is 2.92. The molecule has 0 N–H and O–H groups in total. The van der Waals surface area contributed by atoms with E-state index in [1.807, 2.05) is 0 Å². The van der Waals surface area contributed by atoms with Crippen molar-refractivity contribution < 1.29 is 160 Å². The van der Waals surface area contributed by atoms with Crippen LogP contribution in [0.4, 0.5) is 4.70 Å². The SMILES string of the molecule is F.O=P([O-])([O-])[O-].O=P([O-])([O-])[O-].O=P([O-])([O-])[O-].O=P([O-])([O-])[O-].[Zr+4].[Zr+4].[Zr+4]. The fourth-order valence-corrected chi connectivity index (χ4v) is 0. The second kappa shape index (κ2) is 22.3. The van der Waals surface area contributed by atoms with Gasteiger partial charge in [0.15, 0.2) is 0 Å². The van der Waals surface area contributed by atoms with Gasteiger partial charge in [-0.15, -0.1) is 0 Å². The van der Waals surface area contributed by atoms with E-state index in [1.165, 1.54) is 0 Å². The van der Waals surface area contributed by atoms with Crippen molar-refractivity contribution in [3.05, 3.63) is 0 Å². The van der Waals surface area contributed by atoms with E-state index in [0.29, 0.717) is 0 Å². The summed E-state index contributed by atoms with van der Waals surface area (Å²) in [6.45, 7) is 0. The van der Waals surface area contributed by atoms with Crippen LogP contribution < -0.4 is 58.7 Å².